The number of hydrogen-bond acceptors (Lipinski definition) is 4. The molecule has 3 aliphatic rings. The van der Waals surface area contributed by atoms with Gasteiger partial charge in [-0.25, -0.2) is 0 Å². The molecule has 1 amide bonds. The fourth-order valence-electron chi connectivity index (χ4n) is 3.69. The van der Waals surface area contributed by atoms with E-state index in [1.807, 2.05) is 18.2 Å². The van der Waals surface area contributed by atoms with E-state index in [1.54, 1.807) is 11.8 Å². The van der Waals surface area contributed by atoms with Gasteiger partial charge in [0.2, 0.25) is 5.91 Å². The maximum absolute atomic E-state index is 12.7. The van der Waals surface area contributed by atoms with E-state index in [2.05, 4.69) is 0 Å². The van der Waals surface area contributed by atoms with E-state index >= 15 is 0 Å². The fourth-order valence-corrected chi connectivity index (χ4v) is 3.69. The summed E-state index contributed by atoms with van der Waals surface area (Å²) in [4.78, 5) is 25.7. The molecule has 4 rings (SSSR count). The first-order valence-corrected chi connectivity index (χ1v) is 8.40. The number of carboxylic acid groups (broad SMARTS) is 1. The molecular weight excluding hydrogens is 310 g/mol. The van der Waals surface area contributed by atoms with Crippen molar-refractivity contribution >= 4 is 11.9 Å². The van der Waals surface area contributed by atoms with Crippen LogP contribution in [-0.2, 0) is 9.59 Å². The monoisotopic (exact) mass is 331 g/mol. The summed E-state index contributed by atoms with van der Waals surface area (Å²) in [5, 5.41) is 9.31. The topological polar surface area (TPSA) is 76.1 Å². The van der Waals surface area contributed by atoms with Crippen molar-refractivity contribution in [1.82, 2.24) is 4.90 Å². The SMILES string of the molecule is CC1(C(=O)O)CCN(C(=O)C2CC2c2ccc3c(c2)OCCO3)C1. The minimum absolute atomic E-state index is 0.0382. The first-order valence-electron chi connectivity index (χ1n) is 8.40. The van der Waals surface area contributed by atoms with Gasteiger partial charge < -0.3 is 19.5 Å². The van der Waals surface area contributed by atoms with Crippen LogP contribution in [0.2, 0.25) is 0 Å². The molecule has 0 aromatic heterocycles. The third-order valence-electron chi connectivity index (χ3n) is 5.40. The summed E-state index contributed by atoms with van der Waals surface area (Å²) in [6.45, 7) is 3.67. The van der Waals surface area contributed by atoms with Crippen LogP contribution in [-0.4, -0.2) is 48.2 Å². The number of aliphatic carboxylic acids is 1. The van der Waals surface area contributed by atoms with Crippen LogP contribution in [0.4, 0.5) is 0 Å². The molecule has 24 heavy (non-hydrogen) atoms. The van der Waals surface area contributed by atoms with E-state index < -0.39 is 11.4 Å². The van der Waals surface area contributed by atoms with Gasteiger partial charge in [-0.3, -0.25) is 9.59 Å². The molecule has 6 nitrogen and oxygen atoms in total. The van der Waals surface area contributed by atoms with Crippen molar-refractivity contribution in [3.8, 4) is 11.5 Å². The van der Waals surface area contributed by atoms with Crippen LogP contribution in [0.1, 0.15) is 31.2 Å². The lowest BCUT2D eigenvalue weighted by Gasteiger charge is -2.20. The Labute approximate surface area is 140 Å². The molecule has 2 heterocycles. The molecule has 3 atom stereocenters. The molecule has 1 saturated heterocycles. The average molecular weight is 331 g/mol. The average Bonchev–Trinajstić information content (AvgIpc) is 3.28. The quantitative estimate of drug-likeness (QED) is 0.915. The lowest BCUT2D eigenvalue weighted by atomic mass is 9.90. The predicted molar refractivity (Wildman–Crippen MR) is 85.2 cm³/mol. The smallest absolute Gasteiger partial charge is 0.311 e. The highest BCUT2D eigenvalue weighted by atomic mass is 16.6. The van der Waals surface area contributed by atoms with Gasteiger partial charge in [-0.05, 0) is 43.4 Å². The largest absolute Gasteiger partial charge is 0.486 e. The second-order valence-corrected chi connectivity index (χ2v) is 7.23. The first kappa shape index (κ1) is 15.3. The Kier molecular flexibility index (Phi) is 3.44. The number of amides is 1. The maximum atomic E-state index is 12.7. The molecule has 2 aliphatic heterocycles. The van der Waals surface area contributed by atoms with Gasteiger partial charge in [0.25, 0.3) is 0 Å². The van der Waals surface area contributed by atoms with Gasteiger partial charge in [0.05, 0.1) is 5.41 Å². The van der Waals surface area contributed by atoms with Crippen LogP contribution in [0.25, 0.3) is 0 Å². The summed E-state index contributed by atoms with van der Waals surface area (Å²) in [7, 11) is 0. The van der Waals surface area contributed by atoms with Crippen molar-refractivity contribution in [3.63, 3.8) is 0 Å². The van der Waals surface area contributed by atoms with Gasteiger partial charge in [-0.15, -0.1) is 0 Å². The lowest BCUT2D eigenvalue weighted by molar-refractivity contribution is -0.147. The molecule has 1 aromatic carbocycles. The number of ether oxygens (including phenoxy) is 2. The standard InChI is InChI=1S/C18H21NO5/c1-18(17(21)22)4-5-19(10-18)16(20)13-9-12(13)11-2-3-14-15(8-11)24-7-6-23-14/h2-3,8,12-13H,4-7,9-10H2,1H3,(H,21,22). The number of nitrogens with zero attached hydrogens (tertiary/aromatic N) is 1. The minimum Gasteiger partial charge on any atom is -0.486 e. The normalized spacial score (nSPS) is 31.0. The highest BCUT2D eigenvalue weighted by Gasteiger charge is 2.50. The Balaban J connectivity index is 1.43. The Morgan fingerprint density at radius 3 is 2.71 bits per heavy atom. The summed E-state index contributed by atoms with van der Waals surface area (Å²) in [6.07, 6.45) is 1.34. The predicted octanol–water partition coefficient (Wildman–Crippen LogP) is 1.88. The molecule has 1 aromatic rings. The zero-order valence-corrected chi connectivity index (χ0v) is 13.7. The number of rotatable bonds is 3. The van der Waals surface area contributed by atoms with Gasteiger partial charge >= 0.3 is 5.97 Å². The van der Waals surface area contributed by atoms with Crippen molar-refractivity contribution in [1.29, 1.82) is 0 Å². The highest BCUT2D eigenvalue weighted by molar-refractivity contribution is 5.85. The molecule has 128 valence electrons. The van der Waals surface area contributed by atoms with Crippen molar-refractivity contribution < 1.29 is 24.2 Å². The van der Waals surface area contributed by atoms with E-state index in [0.717, 1.165) is 23.5 Å². The van der Waals surface area contributed by atoms with Gasteiger partial charge in [0.1, 0.15) is 13.2 Å². The van der Waals surface area contributed by atoms with Crippen LogP contribution in [0.5, 0.6) is 11.5 Å². The van der Waals surface area contributed by atoms with Crippen LogP contribution in [0.3, 0.4) is 0 Å². The van der Waals surface area contributed by atoms with Crippen molar-refractivity contribution in [2.24, 2.45) is 11.3 Å². The fraction of sp³-hybridized carbons (Fsp3) is 0.556. The summed E-state index contributed by atoms with van der Waals surface area (Å²) in [5.74, 6) is 0.923. The summed E-state index contributed by atoms with van der Waals surface area (Å²) in [5.41, 5.74) is 0.287. The number of likely N-dealkylation sites (tertiary alicyclic amines) is 1. The molecule has 0 radical (unpaired) electrons. The zero-order valence-electron chi connectivity index (χ0n) is 13.7. The van der Waals surface area contributed by atoms with Crippen molar-refractivity contribution in [2.45, 2.75) is 25.7 Å². The van der Waals surface area contributed by atoms with E-state index in [-0.39, 0.29) is 17.7 Å². The highest BCUT2D eigenvalue weighted by Crippen LogP contribution is 2.51. The maximum Gasteiger partial charge on any atom is 0.311 e. The minimum atomic E-state index is -0.822. The lowest BCUT2D eigenvalue weighted by Crippen LogP contribution is -2.35. The molecule has 6 heteroatoms. The Morgan fingerprint density at radius 2 is 2.00 bits per heavy atom. The Hall–Kier alpha value is -2.24. The van der Waals surface area contributed by atoms with Crippen molar-refractivity contribution in [2.75, 3.05) is 26.3 Å². The van der Waals surface area contributed by atoms with E-state index in [4.69, 9.17) is 9.47 Å². The molecule has 1 N–H and O–H groups in total. The van der Waals surface area contributed by atoms with Crippen LogP contribution in [0.15, 0.2) is 18.2 Å². The van der Waals surface area contributed by atoms with Crippen molar-refractivity contribution in [3.05, 3.63) is 23.8 Å². The van der Waals surface area contributed by atoms with E-state index in [0.29, 0.717) is 32.7 Å². The molecule has 2 fully saturated rings. The van der Waals surface area contributed by atoms with Gasteiger partial charge in [-0.2, -0.15) is 0 Å². The Bertz CT molecular complexity index is 703. The molecule has 1 aliphatic carbocycles. The number of carbonyl (C=O) groups excluding carboxylic acids is 1. The number of carboxylic acids is 1. The third-order valence-corrected chi connectivity index (χ3v) is 5.40. The molecule has 1 saturated carbocycles. The van der Waals surface area contributed by atoms with E-state index in [9.17, 15) is 14.7 Å². The van der Waals surface area contributed by atoms with E-state index in [1.165, 1.54) is 0 Å². The number of hydrogen-bond donors (Lipinski definition) is 1. The Morgan fingerprint density at radius 1 is 1.25 bits per heavy atom. The molecule has 0 bridgehead atoms. The summed E-state index contributed by atoms with van der Waals surface area (Å²) >= 11 is 0. The second kappa shape index (κ2) is 5.40. The van der Waals surface area contributed by atoms with Gasteiger partial charge in [0, 0.05) is 19.0 Å². The van der Waals surface area contributed by atoms with Crippen LogP contribution in [0, 0.1) is 11.3 Å². The first-order chi connectivity index (χ1) is 11.5. The zero-order chi connectivity index (χ0) is 16.9. The summed E-state index contributed by atoms with van der Waals surface area (Å²) < 4.78 is 11.1. The molecule has 3 unspecified atom stereocenters. The van der Waals surface area contributed by atoms with Crippen LogP contribution >= 0.6 is 0 Å². The second-order valence-electron chi connectivity index (χ2n) is 7.23. The number of carbonyl (C=O) groups is 2. The molecular formula is C18H21NO5. The van der Waals surface area contributed by atoms with Crippen LogP contribution < -0.4 is 9.47 Å². The number of benzene rings is 1. The number of fused-ring (bicyclic) bond motifs is 1. The van der Waals surface area contributed by atoms with Gasteiger partial charge in [-0.1, -0.05) is 6.07 Å². The molecule has 0 spiro atoms. The van der Waals surface area contributed by atoms with Gasteiger partial charge in [0.15, 0.2) is 11.5 Å². The third kappa shape index (κ3) is 2.50. The summed E-state index contributed by atoms with van der Waals surface area (Å²) in [6, 6.07) is 5.87.